The third-order valence-electron chi connectivity index (χ3n) is 16.8. The number of piperidine rings is 2. The van der Waals surface area contributed by atoms with Crippen molar-refractivity contribution in [2.45, 2.75) is 120 Å². The van der Waals surface area contributed by atoms with Gasteiger partial charge in [-0.05, 0) is 98.0 Å². The van der Waals surface area contributed by atoms with Crippen molar-refractivity contribution in [2.24, 2.45) is 11.7 Å². The van der Waals surface area contributed by atoms with E-state index in [9.17, 15) is 51.9 Å². The van der Waals surface area contributed by atoms with E-state index in [2.05, 4.69) is 42.6 Å². The van der Waals surface area contributed by atoms with E-state index in [-0.39, 0.29) is 111 Å². The van der Waals surface area contributed by atoms with E-state index in [0.29, 0.717) is 42.6 Å². The summed E-state index contributed by atoms with van der Waals surface area (Å²) < 4.78 is 33.6. The highest BCUT2D eigenvalue weighted by Gasteiger charge is 2.47. The van der Waals surface area contributed by atoms with Crippen LogP contribution in [0.25, 0.3) is 10.9 Å². The Morgan fingerprint density at radius 3 is 2.14 bits per heavy atom. The van der Waals surface area contributed by atoms with E-state index < -0.39 is 104 Å². The van der Waals surface area contributed by atoms with E-state index in [1.54, 1.807) is 17.0 Å². The van der Waals surface area contributed by atoms with Crippen LogP contribution in [0.2, 0.25) is 0 Å². The van der Waals surface area contributed by atoms with E-state index in [1.807, 2.05) is 66.7 Å². The number of likely N-dealkylation sites (tertiary alicyclic amines) is 1. The van der Waals surface area contributed by atoms with Crippen LogP contribution in [-0.4, -0.2) is 150 Å². The zero-order chi connectivity index (χ0) is 62.4. The molecule has 0 spiro atoms. The first-order chi connectivity index (χ1) is 42.2. The molecule has 88 heavy (non-hydrogen) atoms. The molecule has 0 radical (unpaired) electrons. The van der Waals surface area contributed by atoms with Crippen molar-refractivity contribution in [3.63, 3.8) is 0 Å². The van der Waals surface area contributed by atoms with Gasteiger partial charge in [0.25, 0.3) is 11.8 Å². The Hall–Kier alpha value is -8.95. The fraction of sp³-hybridized carbons (Fsp3) is 0.387. The number of fused-ring (bicyclic) bond motifs is 3. The Bertz CT molecular complexity index is 3570. The van der Waals surface area contributed by atoms with Gasteiger partial charge in [-0.15, -0.1) is 0 Å². The number of H-pyrrole nitrogens is 1. The molecule has 1 unspecified atom stereocenters. The summed E-state index contributed by atoms with van der Waals surface area (Å²) in [5.41, 5.74) is 8.10. The number of nitrogens with one attached hydrogen (secondary N) is 5. The van der Waals surface area contributed by atoms with Gasteiger partial charge in [0.05, 0.1) is 11.6 Å². The predicted molar refractivity (Wildman–Crippen MR) is 312 cm³/mol. The number of aromatic nitrogens is 1. The number of hydrogen-bond acceptors (Lipinski definition) is 13. The molecule has 10 rings (SSSR count). The van der Waals surface area contributed by atoms with Crippen molar-refractivity contribution in [3.05, 3.63) is 142 Å². The number of primary amides is 1. The fourth-order valence-corrected chi connectivity index (χ4v) is 12.5. The van der Waals surface area contributed by atoms with Crippen LogP contribution in [0.3, 0.4) is 0 Å². The van der Waals surface area contributed by atoms with Crippen LogP contribution in [0.4, 0.5) is 8.78 Å². The second-order valence-electron chi connectivity index (χ2n) is 22.5. The number of benzene rings is 4. The smallest absolute Gasteiger partial charge is 0.370 e. The van der Waals surface area contributed by atoms with Gasteiger partial charge < -0.3 is 56.1 Å². The van der Waals surface area contributed by atoms with Crippen molar-refractivity contribution < 1.29 is 71.0 Å². The zero-order valence-corrected chi connectivity index (χ0v) is 48.5. The number of imide groups is 1. The molecule has 0 saturated carbocycles. The number of halogens is 2. The summed E-state index contributed by atoms with van der Waals surface area (Å²) >= 11 is 0. The highest BCUT2D eigenvalue weighted by molar-refractivity contribution is 7.39. The second-order valence-corrected chi connectivity index (χ2v) is 23.2. The van der Waals surface area contributed by atoms with Gasteiger partial charge in [-0.2, -0.15) is 8.78 Å². The minimum atomic E-state index is -4.11. The van der Waals surface area contributed by atoms with Crippen molar-refractivity contribution in [2.75, 3.05) is 26.2 Å². The van der Waals surface area contributed by atoms with E-state index >= 15 is 4.79 Å². The summed E-state index contributed by atoms with van der Waals surface area (Å²) in [7, 11) is -3.44. The van der Waals surface area contributed by atoms with Crippen molar-refractivity contribution in [3.8, 4) is 11.8 Å². The number of amides is 10. The molecular formula is C62H65F2N10O13P. The number of nitrogens with zero attached hydrogens (tertiary/aromatic N) is 4. The Labute approximate surface area is 505 Å². The van der Waals surface area contributed by atoms with Crippen molar-refractivity contribution >= 4 is 78.6 Å². The van der Waals surface area contributed by atoms with Crippen LogP contribution in [0, 0.1) is 17.8 Å². The number of nitrogens with two attached hydrogens (primary N) is 1. The Morgan fingerprint density at radius 2 is 1.47 bits per heavy atom. The summed E-state index contributed by atoms with van der Waals surface area (Å²) in [6.45, 7) is 0.523. The van der Waals surface area contributed by atoms with Gasteiger partial charge in [-0.25, -0.2) is 4.52 Å². The van der Waals surface area contributed by atoms with E-state index in [4.69, 9.17) is 15.5 Å². The van der Waals surface area contributed by atoms with E-state index in [0.717, 1.165) is 23.3 Å². The summed E-state index contributed by atoms with van der Waals surface area (Å²) in [5, 5.41) is 10.9. The van der Waals surface area contributed by atoms with Crippen LogP contribution in [0.1, 0.15) is 125 Å². The number of rotatable bonds is 18. The number of carbonyl (C=O) groups excluding carboxylic acids is 10. The van der Waals surface area contributed by atoms with Crippen LogP contribution in [0.5, 0.6) is 0 Å². The number of hydrogen-bond donors (Lipinski definition) is 8. The lowest BCUT2D eigenvalue weighted by Gasteiger charge is -2.39. The highest BCUT2D eigenvalue weighted by Crippen LogP contribution is 2.42. The first kappa shape index (κ1) is 62.1. The lowest BCUT2D eigenvalue weighted by Crippen LogP contribution is -2.62. The Morgan fingerprint density at radius 1 is 0.784 bits per heavy atom. The van der Waals surface area contributed by atoms with Gasteiger partial charge in [0.1, 0.15) is 29.9 Å². The molecule has 23 nitrogen and oxygen atoms in total. The molecular weight excluding hydrogens is 1160 g/mol. The van der Waals surface area contributed by atoms with Gasteiger partial charge in [0.2, 0.25) is 47.3 Å². The molecule has 4 saturated heterocycles. The molecule has 6 heterocycles. The Balaban J connectivity index is 0.819. The topological polar surface area (TPSA) is 323 Å². The first-order valence-corrected chi connectivity index (χ1v) is 30.2. The molecule has 4 fully saturated rings. The molecule has 26 heteroatoms. The second kappa shape index (κ2) is 27.0. The number of carbonyl (C=O) groups is 10. The largest absolute Gasteiger partial charge is 0.389 e. The third-order valence-corrected chi connectivity index (χ3v) is 17.2. The molecule has 0 bridgehead atoms. The molecule has 5 aromatic rings. The SMILES string of the molecule is NC(=O)CC[C@H](NC(=O)[C@@H]1CC[C@@H]2CCN(C(=O)CCC(=O)N3CCC(C#Cc4cccc5c4CN(C4CCC(=O)NC4=O)C5=O)CC3)C[C@H](NC(=O)c3cc4cc(C(F)(F)OP(O)O)ccc4[nH]3)C(=O)N21)C(=O)NC(c1ccccc1)c1ccccc1. The molecule has 5 aliphatic rings. The van der Waals surface area contributed by atoms with Crippen molar-refractivity contribution in [1.29, 1.82) is 0 Å². The maximum Gasteiger partial charge on any atom is 0.389 e. The van der Waals surface area contributed by atoms with Crippen LogP contribution in [-0.2, 0) is 55.5 Å². The summed E-state index contributed by atoms with van der Waals surface area (Å²) in [5.74, 6) is 0.762. The average molecular weight is 1230 g/mol. The molecule has 9 N–H and O–H groups in total. The fourth-order valence-electron chi connectivity index (χ4n) is 12.2. The summed E-state index contributed by atoms with van der Waals surface area (Å²) in [6.07, 6.45) is -2.98. The third kappa shape index (κ3) is 14.2. The van der Waals surface area contributed by atoms with Gasteiger partial charge in [-0.3, -0.25) is 53.3 Å². The van der Waals surface area contributed by atoms with Gasteiger partial charge in [0, 0.05) is 92.4 Å². The first-order valence-electron chi connectivity index (χ1n) is 29.0. The average Bonchev–Trinajstić information content (AvgIpc) is 2.24. The minimum Gasteiger partial charge on any atom is -0.370 e. The van der Waals surface area contributed by atoms with Gasteiger partial charge in [0.15, 0.2) is 0 Å². The molecule has 5 atom stereocenters. The zero-order valence-electron chi connectivity index (χ0n) is 47.6. The molecule has 5 aliphatic heterocycles. The lowest BCUT2D eigenvalue weighted by atomic mass is 9.96. The monoisotopic (exact) mass is 1230 g/mol. The van der Waals surface area contributed by atoms with Crippen molar-refractivity contribution in [1.82, 2.24) is 45.9 Å². The Kier molecular flexibility index (Phi) is 19.0. The van der Waals surface area contributed by atoms with Gasteiger partial charge >= 0.3 is 14.7 Å². The number of alkyl halides is 2. The van der Waals surface area contributed by atoms with Crippen LogP contribution < -0.4 is 27.0 Å². The van der Waals surface area contributed by atoms with E-state index in [1.165, 1.54) is 26.8 Å². The van der Waals surface area contributed by atoms with Crippen LogP contribution >= 0.6 is 8.60 Å². The van der Waals surface area contributed by atoms with Gasteiger partial charge in [-0.1, -0.05) is 78.6 Å². The quantitative estimate of drug-likeness (QED) is 0.0354. The predicted octanol–water partition coefficient (Wildman–Crippen LogP) is 3.62. The normalized spacial score (nSPS) is 20.2. The summed E-state index contributed by atoms with van der Waals surface area (Å²) in [6, 6.07) is 21.8. The molecule has 1 aromatic heterocycles. The number of aromatic amines is 1. The highest BCUT2D eigenvalue weighted by atomic mass is 31.2. The maximum atomic E-state index is 15.1. The minimum absolute atomic E-state index is 0.0410. The molecule has 460 valence electrons. The lowest BCUT2D eigenvalue weighted by molar-refractivity contribution is -0.189. The summed E-state index contributed by atoms with van der Waals surface area (Å²) in [4.78, 5) is 163. The molecule has 10 amide bonds. The van der Waals surface area contributed by atoms with Crippen LogP contribution in [0.15, 0.2) is 103 Å². The maximum absolute atomic E-state index is 15.1. The molecule has 4 aromatic carbocycles. The standard InChI is InChI=1S/C62H65F2N10O13P/c63-62(64,87-88(85)86)41-16-18-45-40(32-41)33-47(66-45)57(80)68-48-35-72(54(78)25-24-53(77)71-29-26-36(27-30-71)14-15-37-12-7-13-43-44(37)34-73(60(43)83)49-21-23-52(76)69-58(49)81)31-28-42-17-20-50(74(42)61(48)84)59(82)67-46(19-22-51(65)75)56(79)70-55(38-8-3-1-4-9-38)39-10-5-2-6-11-39/h1-13,16,18,32-33,36,42,46,48-50,55,66,85-86H,17,19-31,34-35H2,(H2,65,75)(H,67,82)(H,68,80)(H,70,79)(H,69,76,81)/t42-,46+,48+,49?,50+/m1/s1. The molecule has 0 aliphatic carbocycles.